The largest absolute Gasteiger partial charge is 0.328 e. The Morgan fingerprint density at radius 3 is 2.16 bits per heavy atom. The fourth-order valence-corrected chi connectivity index (χ4v) is 2.46. The third-order valence-electron chi connectivity index (χ3n) is 3.48. The van der Waals surface area contributed by atoms with Crippen molar-refractivity contribution in [2.24, 2.45) is 17.2 Å². The number of unbranched alkanes of at least 4 members (excludes halogenated alkanes) is 1. The lowest BCUT2D eigenvalue weighted by atomic mass is 9.95. The van der Waals surface area contributed by atoms with Crippen molar-refractivity contribution < 1.29 is 0 Å². The maximum atomic E-state index is 6.16. The Morgan fingerprint density at radius 1 is 0.895 bits per heavy atom. The summed E-state index contributed by atoms with van der Waals surface area (Å²) in [6, 6.07) is 10.8. The average molecular weight is 263 g/mol. The molecule has 0 radical (unpaired) electrons. The summed E-state index contributed by atoms with van der Waals surface area (Å²) in [5.41, 5.74) is 19.6. The zero-order valence-corrected chi connectivity index (χ0v) is 12.1. The van der Waals surface area contributed by atoms with Gasteiger partial charge in [0.15, 0.2) is 0 Å². The second kappa shape index (κ2) is 9.08. The van der Waals surface area contributed by atoms with Gasteiger partial charge in [0.1, 0.15) is 0 Å². The van der Waals surface area contributed by atoms with E-state index in [1.807, 2.05) is 18.2 Å². The zero-order chi connectivity index (χ0) is 14.1. The predicted molar refractivity (Wildman–Crippen MR) is 82.8 cm³/mol. The minimum absolute atomic E-state index is 0.116. The van der Waals surface area contributed by atoms with E-state index in [4.69, 9.17) is 17.2 Å². The second-order valence-electron chi connectivity index (χ2n) is 5.58. The Hall–Kier alpha value is -0.900. The molecule has 1 rings (SSSR count). The molecule has 0 amide bonds. The van der Waals surface area contributed by atoms with Gasteiger partial charge in [0, 0.05) is 18.1 Å². The van der Waals surface area contributed by atoms with Crippen molar-refractivity contribution in [3.8, 4) is 0 Å². The van der Waals surface area contributed by atoms with Gasteiger partial charge in [-0.3, -0.25) is 0 Å². The van der Waals surface area contributed by atoms with Crippen molar-refractivity contribution >= 4 is 0 Å². The summed E-state index contributed by atoms with van der Waals surface area (Å²) in [4.78, 5) is 0. The Balaban J connectivity index is 2.25. The van der Waals surface area contributed by atoms with Crippen LogP contribution in [0.15, 0.2) is 30.3 Å². The molecule has 108 valence electrons. The molecule has 0 heterocycles. The standard InChI is InChI=1S/C16H29N3/c1-2-3-9-14(17)11-16(19)12-15(18)10-13-7-5-4-6-8-13/h4-8,14-16H,2-3,9-12,17-19H2,1H3. The number of nitrogens with two attached hydrogens (primary N) is 3. The number of rotatable bonds is 9. The Labute approximate surface area is 117 Å². The fraction of sp³-hybridized carbons (Fsp3) is 0.625. The Morgan fingerprint density at radius 2 is 1.53 bits per heavy atom. The van der Waals surface area contributed by atoms with Gasteiger partial charge in [-0.05, 0) is 31.2 Å². The van der Waals surface area contributed by atoms with Gasteiger partial charge in [-0.15, -0.1) is 0 Å². The molecule has 3 nitrogen and oxygen atoms in total. The van der Waals surface area contributed by atoms with Gasteiger partial charge in [0.05, 0.1) is 0 Å². The molecular weight excluding hydrogens is 234 g/mol. The van der Waals surface area contributed by atoms with Gasteiger partial charge in [-0.2, -0.15) is 0 Å². The number of hydrogen-bond acceptors (Lipinski definition) is 3. The average Bonchev–Trinajstić information content (AvgIpc) is 2.37. The lowest BCUT2D eigenvalue weighted by Gasteiger charge is -2.20. The monoisotopic (exact) mass is 263 g/mol. The van der Waals surface area contributed by atoms with Crippen LogP contribution in [0.3, 0.4) is 0 Å². The molecule has 1 aromatic carbocycles. The normalized spacial score (nSPS) is 16.0. The quantitative estimate of drug-likeness (QED) is 0.639. The molecule has 0 aliphatic heterocycles. The highest BCUT2D eigenvalue weighted by molar-refractivity contribution is 5.15. The van der Waals surface area contributed by atoms with Crippen LogP contribution >= 0.6 is 0 Å². The van der Waals surface area contributed by atoms with E-state index >= 15 is 0 Å². The summed E-state index contributed by atoms with van der Waals surface area (Å²) in [6.45, 7) is 2.18. The molecule has 0 aromatic heterocycles. The molecule has 0 saturated heterocycles. The maximum Gasteiger partial charge on any atom is 0.00940 e. The van der Waals surface area contributed by atoms with Crippen LogP contribution in [0.2, 0.25) is 0 Å². The van der Waals surface area contributed by atoms with Gasteiger partial charge >= 0.3 is 0 Å². The molecule has 19 heavy (non-hydrogen) atoms. The third kappa shape index (κ3) is 7.31. The number of hydrogen-bond donors (Lipinski definition) is 3. The van der Waals surface area contributed by atoms with Crippen LogP contribution in [0.4, 0.5) is 0 Å². The molecule has 0 aliphatic rings. The predicted octanol–water partition coefficient (Wildman–Crippen LogP) is 2.18. The first-order valence-electron chi connectivity index (χ1n) is 7.42. The lowest BCUT2D eigenvalue weighted by molar-refractivity contribution is 0.435. The highest BCUT2D eigenvalue weighted by Gasteiger charge is 2.13. The lowest BCUT2D eigenvalue weighted by Crippen LogP contribution is -2.37. The molecule has 0 fully saturated rings. The van der Waals surface area contributed by atoms with Crippen molar-refractivity contribution in [1.29, 1.82) is 0 Å². The van der Waals surface area contributed by atoms with Gasteiger partial charge in [0.2, 0.25) is 0 Å². The summed E-state index contributed by atoms with van der Waals surface area (Å²) < 4.78 is 0. The summed E-state index contributed by atoms with van der Waals surface area (Å²) in [5, 5.41) is 0. The van der Waals surface area contributed by atoms with Gasteiger partial charge in [-0.1, -0.05) is 50.1 Å². The van der Waals surface area contributed by atoms with E-state index < -0.39 is 0 Å². The van der Waals surface area contributed by atoms with Crippen LogP contribution in [-0.2, 0) is 6.42 Å². The molecule has 3 heteroatoms. The van der Waals surface area contributed by atoms with Gasteiger partial charge < -0.3 is 17.2 Å². The van der Waals surface area contributed by atoms with Crippen LogP contribution in [0.5, 0.6) is 0 Å². The van der Waals surface area contributed by atoms with Gasteiger partial charge in [0.25, 0.3) is 0 Å². The topological polar surface area (TPSA) is 78.1 Å². The molecule has 0 saturated carbocycles. The molecule has 3 unspecified atom stereocenters. The highest BCUT2D eigenvalue weighted by Crippen LogP contribution is 2.10. The first-order chi connectivity index (χ1) is 9.11. The van der Waals surface area contributed by atoms with Crippen molar-refractivity contribution in [1.82, 2.24) is 0 Å². The van der Waals surface area contributed by atoms with Crippen molar-refractivity contribution in [3.05, 3.63) is 35.9 Å². The SMILES string of the molecule is CCCCC(N)CC(N)CC(N)Cc1ccccc1. The minimum Gasteiger partial charge on any atom is -0.328 e. The van der Waals surface area contributed by atoms with Crippen LogP contribution < -0.4 is 17.2 Å². The molecule has 1 aromatic rings. The number of benzene rings is 1. The van der Waals surface area contributed by atoms with Crippen molar-refractivity contribution in [3.63, 3.8) is 0 Å². The van der Waals surface area contributed by atoms with Crippen LogP contribution in [0.1, 0.15) is 44.6 Å². The van der Waals surface area contributed by atoms with Crippen LogP contribution in [0, 0.1) is 0 Å². The minimum atomic E-state index is 0.116. The van der Waals surface area contributed by atoms with Crippen LogP contribution in [0.25, 0.3) is 0 Å². The molecule has 3 atom stereocenters. The van der Waals surface area contributed by atoms with E-state index in [1.54, 1.807) is 0 Å². The smallest absolute Gasteiger partial charge is 0.00940 e. The second-order valence-corrected chi connectivity index (χ2v) is 5.58. The summed E-state index contributed by atoms with van der Waals surface area (Å²) >= 11 is 0. The van der Waals surface area contributed by atoms with Crippen LogP contribution in [-0.4, -0.2) is 18.1 Å². The van der Waals surface area contributed by atoms with Crippen molar-refractivity contribution in [2.75, 3.05) is 0 Å². The molecule has 0 spiro atoms. The molecule has 6 N–H and O–H groups in total. The third-order valence-corrected chi connectivity index (χ3v) is 3.48. The molecule has 0 aliphatic carbocycles. The highest BCUT2D eigenvalue weighted by atomic mass is 14.7. The first-order valence-corrected chi connectivity index (χ1v) is 7.42. The Bertz CT molecular complexity index is 326. The van der Waals surface area contributed by atoms with Crippen molar-refractivity contribution in [2.45, 2.75) is 63.6 Å². The summed E-state index contributed by atoms with van der Waals surface area (Å²) in [7, 11) is 0. The van der Waals surface area contributed by atoms with E-state index in [1.165, 1.54) is 18.4 Å². The fourth-order valence-electron chi connectivity index (χ4n) is 2.46. The maximum absolute atomic E-state index is 6.16. The molecule has 0 bridgehead atoms. The summed E-state index contributed by atoms with van der Waals surface area (Å²) in [6.07, 6.45) is 6.05. The van der Waals surface area contributed by atoms with E-state index in [0.717, 1.165) is 25.7 Å². The molecular formula is C16H29N3. The van der Waals surface area contributed by atoms with E-state index in [-0.39, 0.29) is 18.1 Å². The van der Waals surface area contributed by atoms with E-state index in [2.05, 4.69) is 19.1 Å². The summed E-state index contributed by atoms with van der Waals surface area (Å²) in [5.74, 6) is 0. The first kappa shape index (κ1) is 16.2. The van der Waals surface area contributed by atoms with Gasteiger partial charge in [-0.25, -0.2) is 0 Å². The van der Waals surface area contributed by atoms with E-state index in [9.17, 15) is 0 Å². The Kier molecular flexibility index (Phi) is 7.72. The zero-order valence-electron chi connectivity index (χ0n) is 12.1. The van der Waals surface area contributed by atoms with E-state index in [0.29, 0.717) is 0 Å².